The van der Waals surface area contributed by atoms with Gasteiger partial charge in [0.05, 0.1) is 25.6 Å². The Morgan fingerprint density at radius 3 is 2.45 bits per heavy atom. The predicted molar refractivity (Wildman–Crippen MR) is 114 cm³/mol. The highest BCUT2D eigenvalue weighted by Gasteiger charge is 2.31. The zero-order chi connectivity index (χ0) is 21.4. The molecule has 2 aromatic carbocycles. The van der Waals surface area contributed by atoms with Crippen LogP contribution in [0.2, 0.25) is 5.02 Å². The summed E-state index contributed by atoms with van der Waals surface area (Å²) in [6.07, 6.45) is 1.35. The van der Waals surface area contributed by atoms with Gasteiger partial charge in [-0.1, -0.05) is 36.7 Å². The fourth-order valence-electron chi connectivity index (χ4n) is 2.86. The number of halogens is 1. The van der Waals surface area contributed by atoms with Gasteiger partial charge < -0.3 is 14.8 Å². The number of benzene rings is 2. The maximum absolute atomic E-state index is 12.7. The minimum atomic E-state index is -3.71. The second-order valence-corrected chi connectivity index (χ2v) is 8.55. The Morgan fingerprint density at radius 2 is 1.86 bits per heavy atom. The molecule has 9 heteroatoms. The van der Waals surface area contributed by atoms with E-state index in [1.54, 1.807) is 44.4 Å². The summed E-state index contributed by atoms with van der Waals surface area (Å²) in [4.78, 5) is 12.7. The zero-order valence-electron chi connectivity index (χ0n) is 16.6. The first kappa shape index (κ1) is 22.8. The van der Waals surface area contributed by atoms with E-state index in [1.807, 2.05) is 12.1 Å². The third kappa shape index (κ3) is 6.27. The standard InChI is InChI=1S/C20H25ClN2O5S/c1-4-17(23(29(3,25)26)16-9-7-8-15(21)14-16)20(24)22-12-13-28-19-11-6-5-10-18(19)27-2/h5-11,14,17H,4,12-13H2,1-3H3,(H,22,24). The van der Waals surface area contributed by atoms with Crippen molar-refractivity contribution in [3.8, 4) is 11.5 Å². The molecule has 0 fully saturated rings. The van der Waals surface area contributed by atoms with Crippen LogP contribution in [0.3, 0.4) is 0 Å². The molecule has 7 nitrogen and oxygen atoms in total. The van der Waals surface area contributed by atoms with Crippen LogP contribution >= 0.6 is 11.6 Å². The van der Waals surface area contributed by atoms with E-state index in [0.29, 0.717) is 28.6 Å². The summed E-state index contributed by atoms with van der Waals surface area (Å²) >= 11 is 6.00. The summed E-state index contributed by atoms with van der Waals surface area (Å²) in [6.45, 7) is 2.16. The number of nitrogens with zero attached hydrogens (tertiary/aromatic N) is 1. The number of hydrogen-bond donors (Lipinski definition) is 1. The number of nitrogens with one attached hydrogen (secondary N) is 1. The Kier molecular flexibility index (Phi) is 8.16. The number of anilines is 1. The zero-order valence-corrected chi connectivity index (χ0v) is 18.2. The molecule has 2 aromatic rings. The first-order valence-electron chi connectivity index (χ1n) is 9.06. The molecule has 1 N–H and O–H groups in total. The Morgan fingerprint density at radius 1 is 1.17 bits per heavy atom. The van der Waals surface area contributed by atoms with Crippen molar-refractivity contribution in [1.29, 1.82) is 0 Å². The number of rotatable bonds is 10. The van der Waals surface area contributed by atoms with Gasteiger partial charge in [0.2, 0.25) is 15.9 Å². The third-order valence-corrected chi connectivity index (χ3v) is 5.54. The molecule has 2 rings (SSSR count). The number of methoxy groups -OCH3 is 1. The second-order valence-electron chi connectivity index (χ2n) is 6.25. The molecule has 0 aliphatic carbocycles. The van der Waals surface area contributed by atoms with Gasteiger partial charge in [-0.2, -0.15) is 0 Å². The van der Waals surface area contributed by atoms with Gasteiger partial charge >= 0.3 is 0 Å². The summed E-state index contributed by atoms with van der Waals surface area (Å²) in [5.74, 6) is 0.740. The number of carbonyl (C=O) groups excluding carboxylic acids is 1. The van der Waals surface area contributed by atoms with Gasteiger partial charge in [0, 0.05) is 5.02 Å². The van der Waals surface area contributed by atoms with Crippen LogP contribution in [0.4, 0.5) is 5.69 Å². The van der Waals surface area contributed by atoms with Crippen LogP contribution in [0, 0.1) is 0 Å². The lowest BCUT2D eigenvalue weighted by atomic mass is 10.2. The lowest BCUT2D eigenvalue weighted by Gasteiger charge is -2.30. The first-order valence-corrected chi connectivity index (χ1v) is 11.3. The molecule has 0 aliphatic heterocycles. The van der Waals surface area contributed by atoms with Crippen LogP contribution in [-0.4, -0.2) is 46.9 Å². The van der Waals surface area contributed by atoms with Gasteiger partial charge in [-0.3, -0.25) is 9.10 Å². The van der Waals surface area contributed by atoms with Crippen molar-refractivity contribution in [2.45, 2.75) is 19.4 Å². The number of para-hydroxylation sites is 2. The number of carbonyl (C=O) groups is 1. The van der Waals surface area contributed by atoms with Crippen molar-refractivity contribution in [3.63, 3.8) is 0 Å². The second kappa shape index (κ2) is 10.4. The minimum absolute atomic E-state index is 0.207. The number of sulfonamides is 1. The highest BCUT2D eigenvalue weighted by Crippen LogP contribution is 2.26. The lowest BCUT2D eigenvalue weighted by molar-refractivity contribution is -0.122. The van der Waals surface area contributed by atoms with E-state index in [2.05, 4.69) is 5.32 Å². The van der Waals surface area contributed by atoms with Gasteiger partial charge in [-0.05, 0) is 36.8 Å². The summed E-state index contributed by atoms with van der Waals surface area (Å²) in [7, 11) is -2.16. The molecule has 0 saturated heterocycles. The van der Waals surface area contributed by atoms with E-state index in [1.165, 1.54) is 6.07 Å². The van der Waals surface area contributed by atoms with Crippen molar-refractivity contribution in [1.82, 2.24) is 5.32 Å². The average Bonchev–Trinajstić information content (AvgIpc) is 2.68. The maximum Gasteiger partial charge on any atom is 0.244 e. The summed E-state index contributed by atoms with van der Waals surface area (Å²) in [5, 5.41) is 3.12. The summed E-state index contributed by atoms with van der Waals surface area (Å²) < 4.78 is 36.7. The van der Waals surface area contributed by atoms with E-state index >= 15 is 0 Å². The van der Waals surface area contributed by atoms with Crippen LogP contribution in [0.1, 0.15) is 13.3 Å². The Balaban J connectivity index is 2.06. The molecule has 0 aliphatic rings. The minimum Gasteiger partial charge on any atom is -0.493 e. The Hall–Kier alpha value is -2.45. The molecule has 1 amide bonds. The van der Waals surface area contributed by atoms with E-state index in [4.69, 9.17) is 21.1 Å². The first-order chi connectivity index (χ1) is 13.8. The van der Waals surface area contributed by atoms with E-state index in [0.717, 1.165) is 10.6 Å². The topological polar surface area (TPSA) is 84.9 Å². The fraction of sp³-hybridized carbons (Fsp3) is 0.350. The molecular formula is C20H25ClN2O5S. The lowest BCUT2D eigenvalue weighted by Crippen LogP contribution is -2.50. The van der Waals surface area contributed by atoms with E-state index in [-0.39, 0.29) is 13.2 Å². The molecule has 0 radical (unpaired) electrons. The van der Waals surface area contributed by atoms with Crippen molar-refractivity contribution in [2.24, 2.45) is 0 Å². The molecule has 1 unspecified atom stereocenters. The number of amides is 1. The SMILES string of the molecule is CCC(C(=O)NCCOc1ccccc1OC)N(c1cccc(Cl)c1)S(C)(=O)=O. The molecule has 0 aromatic heterocycles. The van der Waals surface area contributed by atoms with Crippen LogP contribution < -0.4 is 19.1 Å². The number of ether oxygens (including phenoxy) is 2. The highest BCUT2D eigenvalue weighted by atomic mass is 35.5. The third-order valence-electron chi connectivity index (χ3n) is 4.12. The summed E-state index contributed by atoms with van der Waals surface area (Å²) in [6, 6.07) is 12.7. The van der Waals surface area contributed by atoms with Crippen molar-refractivity contribution < 1.29 is 22.7 Å². The fourth-order valence-corrected chi connectivity index (χ4v) is 4.25. The smallest absolute Gasteiger partial charge is 0.244 e. The molecule has 1 atom stereocenters. The molecule has 0 spiro atoms. The van der Waals surface area contributed by atoms with Gasteiger partial charge in [0.15, 0.2) is 11.5 Å². The largest absolute Gasteiger partial charge is 0.493 e. The Bertz CT molecular complexity index is 936. The molecule has 0 bridgehead atoms. The molecule has 0 saturated carbocycles. The van der Waals surface area contributed by atoms with Crippen LogP contribution in [0.25, 0.3) is 0 Å². The highest BCUT2D eigenvalue weighted by molar-refractivity contribution is 7.92. The van der Waals surface area contributed by atoms with Gasteiger partial charge in [-0.15, -0.1) is 0 Å². The molecular weight excluding hydrogens is 416 g/mol. The predicted octanol–water partition coefficient (Wildman–Crippen LogP) is 3.09. The summed E-state index contributed by atoms with van der Waals surface area (Å²) in [5.41, 5.74) is 0.340. The van der Waals surface area contributed by atoms with Crippen LogP contribution in [0.5, 0.6) is 11.5 Å². The van der Waals surface area contributed by atoms with Crippen molar-refractivity contribution in [3.05, 3.63) is 53.6 Å². The normalized spacial score (nSPS) is 12.1. The van der Waals surface area contributed by atoms with Gasteiger partial charge in [0.1, 0.15) is 12.6 Å². The maximum atomic E-state index is 12.7. The average molecular weight is 441 g/mol. The van der Waals surface area contributed by atoms with Gasteiger partial charge in [-0.25, -0.2) is 8.42 Å². The van der Waals surface area contributed by atoms with E-state index < -0.39 is 22.0 Å². The van der Waals surface area contributed by atoms with Crippen molar-refractivity contribution in [2.75, 3.05) is 30.8 Å². The molecule has 158 valence electrons. The molecule has 0 heterocycles. The van der Waals surface area contributed by atoms with Crippen LogP contribution in [-0.2, 0) is 14.8 Å². The Labute approximate surface area is 176 Å². The number of hydrogen-bond acceptors (Lipinski definition) is 5. The van der Waals surface area contributed by atoms with Gasteiger partial charge in [0.25, 0.3) is 0 Å². The quantitative estimate of drug-likeness (QED) is 0.574. The van der Waals surface area contributed by atoms with Crippen LogP contribution in [0.15, 0.2) is 48.5 Å². The van der Waals surface area contributed by atoms with Crippen molar-refractivity contribution >= 4 is 33.2 Å². The monoisotopic (exact) mass is 440 g/mol. The van der Waals surface area contributed by atoms with E-state index in [9.17, 15) is 13.2 Å². The molecule has 29 heavy (non-hydrogen) atoms.